The van der Waals surface area contributed by atoms with Gasteiger partial charge in [-0.25, -0.2) is 24.6 Å². The molecule has 0 aliphatic carbocycles. The molecule has 1 unspecified atom stereocenters. The van der Waals surface area contributed by atoms with Crippen LogP contribution in [-0.4, -0.2) is 39.5 Å². The summed E-state index contributed by atoms with van der Waals surface area (Å²) in [5.74, 6) is 0.902. The summed E-state index contributed by atoms with van der Waals surface area (Å²) in [4.78, 5) is 17.7. The quantitative estimate of drug-likeness (QED) is 0.467. The lowest BCUT2D eigenvalue weighted by atomic mass is 10.1. The molecule has 2 N–H and O–H groups in total. The van der Waals surface area contributed by atoms with E-state index in [9.17, 15) is 5.26 Å². The summed E-state index contributed by atoms with van der Waals surface area (Å²) >= 11 is 0. The van der Waals surface area contributed by atoms with Gasteiger partial charge in [-0.3, -0.25) is 4.68 Å². The van der Waals surface area contributed by atoms with Gasteiger partial charge in [0.15, 0.2) is 11.5 Å². The molecule has 10 nitrogen and oxygen atoms in total. The maximum Gasteiger partial charge on any atom is 0.164 e. The number of rotatable bonds is 4. The van der Waals surface area contributed by atoms with Crippen molar-refractivity contribution in [1.82, 2.24) is 39.5 Å². The molecule has 4 heterocycles. The van der Waals surface area contributed by atoms with E-state index in [1.54, 1.807) is 33.9 Å². The van der Waals surface area contributed by atoms with Crippen molar-refractivity contribution in [2.24, 2.45) is 7.05 Å². The second kappa shape index (κ2) is 7.55. The van der Waals surface area contributed by atoms with Crippen LogP contribution in [0.3, 0.4) is 0 Å². The Morgan fingerprint density at radius 1 is 1.12 bits per heavy atom. The topological polar surface area (TPSA) is 137 Å². The highest BCUT2D eigenvalue weighted by Crippen LogP contribution is 2.33. The number of benzene rings is 1. The minimum absolute atomic E-state index is 0.266. The molecular formula is C22H18N10. The molecule has 5 aromatic rings. The summed E-state index contributed by atoms with van der Waals surface area (Å²) in [6.07, 6.45) is 6.72. The van der Waals surface area contributed by atoms with Gasteiger partial charge in [-0.2, -0.15) is 15.5 Å². The Hall–Kier alpha value is -4.65. The van der Waals surface area contributed by atoms with E-state index in [0.29, 0.717) is 33.9 Å². The average Bonchev–Trinajstić information content (AvgIpc) is 3.43. The molecule has 1 aromatic carbocycles. The fourth-order valence-corrected chi connectivity index (χ4v) is 3.61. The van der Waals surface area contributed by atoms with Crippen LogP contribution in [0.1, 0.15) is 24.2 Å². The number of nitrogens with zero attached hydrogens (tertiary/aromatic N) is 9. The fourth-order valence-electron chi connectivity index (χ4n) is 3.61. The highest BCUT2D eigenvalue weighted by Gasteiger charge is 2.22. The maximum absolute atomic E-state index is 9.30. The average molecular weight is 422 g/mol. The van der Waals surface area contributed by atoms with E-state index >= 15 is 0 Å². The predicted molar refractivity (Wildman–Crippen MR) is 118 cm³/mol. The van der Waals surface area contributed by atoms with Crippen LogP contribution in [0, 0.1) is 11.3 Å². The first-order valence-corrected chi connectivity index (χ1v) is 9.86. The van der Waals surface area contributed by atoms with Crippen molar-refractivity contribution in [3.8, 4) is 28.7 Å². The second-order valence-corrected chi connectivity index (χ2v) is 7.33. The Morgan fingerprint density at radius 3 is 2.78 bits per heavy atom. The number of anilines is 1. The molecular weight excluding hydrogens is 404 g/mol. The Kier molecular flexibility index (Phi) is 4.56. The van der Waals surface area contributed by atoms with Gasteiger partial charge in [0.25, 0.3) is 0 Å². The van der Waals surface area contributed by atoms with Crippen LogP contribution in [0.15, 0.2) is 55.2 Å². The highest BCUT2D eigenvalue weighted by molar-refractivity contribution is 5.98. The molecule has 32 heavy (non-hydrogen) atoms. The van der Waals surface area contributed by atoms with Gasteiger partial charge in [-0.05, 0) is 25.1 Å². The molecule has 0 radical (unpaired) electrons. The van der Waals surface area contributed by atoms with Crippen LogP contribution in [0.25, 0.3) is 33.7 Å². The molecule has 0 spiro atoms. The van der Waals surface area contributed by atoms with Crippen molar-refractivity contribution >= 4 is 16.9 Å². The largest absolute Gasteiger partial charge is 0.383 e. The molecule has 0 aliphatic heterocycles. The SMILES string of the molecule is CC(c1ccnc(-c2cnn(C)c2)n1)n1nc(-c2cccc(C#N)c2)c2c(N)ncnc21. The monoisotopic (exact) mass is 422 g/mol. The summed E-state index contributed by atoms with van der Waals surface area (Å²) in [7, 11) is 1.85. The van der Waals surface area contributed by atoms with Gasteiger partial charge in [0, 0.05) is 25.0 Å². The third-order valence-corrected chi connectivity index (χ3v) is 5.22. The van der Waals surface area contributed by atoms with Crippen molar-refractivity contribution in [2.45, 2.75) is 13.0 Å². The Balaban J connectivity index is 1.65. The first-order valence-electron chi connectivity index (χ1n) is 9.86. The molecule has 0 amide bonds. The van der Waals surface area contributed by atoms with E-state index < -0.39 is 0 Å². The van der Waals surface area contributed by atoms with Gasteiger partial charge < -0.3 is 5.73 Å². The highest BCUT2D eigenvalue weighted by atomic mass is 15.3. The van der Waals surface area contributed by atoms with E-state index in [1.807, 2.05) is 38.4 Å². The first-order chi connectivity index (χ1) is 15.5. The number of aryl methyl sites for hydroxylation is 1. The third-order valence-electron chi connectivity index (χ3n) is 5.22. The van der Waals surface area contributed by atoms with Crippen LogP contribution in [0.4, 0.5) is 5.82 Å². The summed E-state index contributed by atoms with van der Waals surface area (Å²) in [6.45, 7) is 1.98. The van der Waals surface area contributed by atoms with Gasteiger partial charge in [-0.15, -0.1) is 0 Å². The van der Waals surface area contributed by atoms with E-state index in [4.69, 9.17) is 15.8 Å². The predicted octanol–water partition coefficient (Wildman–Crippen LogP) is 2.75. The van der Waals surface area contributed by atoms with Crippen LogP contribution in [0.2, 0.25) is 0 Å². The minimum atomic E-state index is -0.266. The number of nitriles is 1. The molecule has 0 saturated carbocycles. The smallest absolute Gasteiger partial charge is 0.164 e. The Morgan fingerprint density at radius 2 is 2.00 bits per heavy atom. The first kappa shape index (κ1) is 19.3. The van der Waals surface area contributed by atoms with Gasteiger partial charge in [0.1, 0.15) is 17.8 Å². The minimum Gasteiger partial charge on any atom is -0.383 e. The van der Waals surface area contributed by atoms with Gasteiger partial charge in [-0.1, -0.05) is 12.1 Å². The summed E-state index contributed by atoms with van der Waals surface area (Å²) < 4.78 is 3.48. The van der Waals surface area contributed by atoms with Crippen molar-refractivity contribution < 1.29 is 0 Å². The molecule has 4 aromatic heterocycles. The third kappa shape index (κ3) is 3.22. The second-order valence-electron chi connectivity index (χ2n) is 7.33. The zero-order valence-electron chi connectivity index (χ0n) is 17.4. The van der Waals surface area contributed by atoms with Gasteiger partial charge in [0.2, 0.25) is 0 Å². The molecule has 0 fully saturated rings. The van der Waals surface area contributed by atoms with Gasteiger partial charge >= 0.3 is 0 Å². The standard InChI is InChI=1S/C22H18N10/c1-13(17-6-7-25-21(29-17)16-10-28-31(2)11-16)32-22-18(20(24)26-12-27-22)19(30-32)15-5-3-4-14(8-15)9-23/h3-8,10-13H,1-2H3,(H2,24,26,27). The molecule has 0 saturated heterocycles. The Bertz CT molecular complexity index is 1490. The van der Waals surface area contributed by atoms with E-state index in [-0.39, 0.29) is 6.04 Å². The summed E-state index contributed by atoms with van der Waals surface area (Å²) in [5, 5.41) is 18.9. The van der Waals surface area contributed by atoms with Crippen LogP contribution in [0.5, 0.6) is 0 Å². The van der Waals surface area contributed by atoms with Crippen LogP contribution < -0.4 is 5.73 Å². The number of nitrogens with two attached hydrogens (primary N) is 1. The Labute approximate surface area is 183 Å². The number of fused-ring (bicyclic) bond motifs is 1. The molecule has 10 heteroatoms. The van der Waals surface area contributed by atoms with E-state index in [2.05, 4.69) is 26.1 Å². The lowest BCUT2D eigenvalue weighted by Gasteiger charge is -2.13. The van der Waals surface area contributed by atoms with E-state index in [1.165, 1.54) is 6.33 Å². The van der Waals surface area contributed by atoms with Crippen molar-refractivity contribution in [3.05, 3.63) is 66.5 Å². The molecule has 1 atom stereocenters. The van der Waals surface area contributed by atoms with Crippen molar-refractivity contribution in [2.75, 3.05) is 5.73 Å². The van der Waals surface area contributed by atoms with E-state index in [0.717, 1.165) is 16.8 Å². The van der Waals surface area contributed by atoms with Crippen molar-refractivity contribution in [3.63, 3.8) is 0 Å². The lowest BCUT2D eigenvalue weighted by Crippen LogP contribution is -2.12. The van der Waals surface area contributed by atoms with Crippen molar-refractivity contribution in [1.29, 1.82) is 5.26 Å². The summed E-state index contributed by atoms with van der Waals surface area (Å²) in [6, 6.07) is 10.9. The summed E-state index contributed by atoms with van der Waals surface area (Å²) in [5.41, 5.74) is 10.3. The number of nitrogen functional groups attached to an aromatic ring is 1. The van der Waals surface area contributed by atoms with Gasteiger partial charge in [0.05, 0.1) is 40.5 Å². The fraction of sp³-hybridized carbons (Fsp3) is 0.136. The molecule has 5 rings (SSSR count). The maximum atomic E-state index is 9.30. The normalized spacial score (nSPS) is 12.0. The molecule has 156 valence electrons. The van der Waals surface area contributed by atoms with Crippen LogP contribution in [-0.2, 0) is 7.05 Å². The molecule has 0 bridgehead atoms. The number of aromatic nitrogens is 8. The van der Waals surface area contributed by atoms with Crippen LogP contribution >= 0.6 is 0 Å². The number of hydrogen-bond acceptors (Lipinski definition) is 8. The zero-order chi connectivity index (χ0) is 22.2. The zero-order valence-corrected chi connectivity index (χ0v) is 17.4. The molecule has 0 aliphatic rings. The number of hydrogen-bond donors (Lipinski definition) is 1. The lowest BCUT2D eigenvalue weighted by molar-refractivity contribution is 0.566.